The number of urea groups is 1. The van der Waals surface area contributed by atoms with E-state index in [2.05, 4.69) is 10.6 Å². The largest absolute Gasteiger partial charge is 0.491 e. The Kier molecular flexibility index (Phi) is 8.18. The van der Waals surface area contributed by atoms with Crippen LogP contribution in [0.2, 0.25) is 5.02 Å². The first-order chi connectivity index (χ1) is 14.9. The van der Waals surface area contributed by atoms with E-state index in [9.17, 15) is 9.59 Å². The number of rotatable bonds is 7. The second-order valence-electron chi connectivity index (χ2n) is 8.16. The number of benzene rings is 2. The minimum atomic E-state index is -0.130. The Labute approximate surface area is 188 Å². The first kappa shape index (κ1) is 22.9. The van der Waals surface area contributed by atoms with Crippen LogP contribution in [0.15, 0.2) is 48.5 Å². The molecule has 0 aliphatic carbocycles. The fraction of sp³-hybridized carbons (Fsp3) is 0.417. The summed E-state index contributed by atoms with van der Waals surface area (Å²) in [5, 5.41) is 6.45. The van der Waals surface area contributed by atoms with E-state index in [-0.39, 0.29) is 24.0 Å². The average molecular weight is 444 g/mol. The molecule has 166 valence electrons. The third-order valence-electron chi connectivity index (χ3n) is 5.24. The SMILES string of the molecule is CC(C)Oc1ccc(CNC(=O)CC2CCN(C(=O)Nc3cccc(Cl)c3)CC2)cc1. The lowest BCUT2D eigenvalue weighted by atomic mass is 9.93. The van der Waals surface area contributed by atoms with Gasteiger partial charge in [-0.3, -0.25) is 4.79 Å². The smallest absolute Gasteiger partial charge is 0.321 e. The number of hydrogen-bond acceptors (Lipinski definition) is 3. The summed E-state index contributed by atoms with van der Waals surface area (Å²) >= 11 is 5.96. The minimum absolute atomic E-state index is 0.0457. The summed E-state index contributed by atoms with van der Waals surface area (Å²) in [6.45, 7) is 5.76. The summed E-state index contributed by atoms with van der Waals surface area (Å²) in [5.74, 6) is 1.16. The van der Waals surface area contributed by atoms with E-state index in [1.807, 2.05) is 44.2 Å². The van der Waals surface area contributed by atoms with Gasteiger partial charge in [0.05, 0.1) is 6.10 Å². The molecule has 2 N–H and O–H groups in total. The van der Waals surface area contributed by atoms with Gasteiger partial charge in [0.15, 0.2) is 0 Å². The Balaban J connectivity index is 1.37. The van der Waals surface area contributed by atoms with Crippen LogP contribution in [0, 0.1) is 5.92 Å². The van der Waals surface area contributed by atoms with Crippen molar-refractivity contribution in [2.75, 3.05) is 18.4 Å². The van der Waals surface area contributed by atoms with Crippen LogP contribution in [0.5, 0.6) is 5.75 Å². The maximum absolute atomic E-state index is 12.4. The number of anilines is 1. The molecule has 3 rings (SSSR count). The number of carbonyl (C=O) groups excluding carboxylic acids is 2. The molecule has 31 heavy (non-hydrogen) atoms. The summed E-state index contributed by atoms with van der Waals surface area (Å²) in [6.07, 6.45) is 2.26. The monoisotopic (exact) mass is 443 g/mol. The molecular formula is C24H30ClN3O3. The number of carbonyl (C=O) groups is 2. The van der Waals surface area contributed by atoms with E-state index in [0.717, 1.165) is 24.2 Å². The van der Waals surface area contributed by atoms with Gasteiger partial charge in [-0.15, -0.1) is 0 Å². The molecule has 7 heteroatoms. The number of nitrogens with one attached hydrogen (secondary N) is 2. The van der Waals surface area contributed by atoms with Gasteiger partial charge >= 0.3 is 6.03 Å². The number of hydrogen-bond donors (Lipinski definition) is 2. The number of piperidine rings is 1. The molecule has 1 heterocycles. The molecular weight excluding hydrogens is 414 g/mol. The molecule has 1 saturated heterocycles. The Morgan fingerprint density at radius 1 is 1.13 bits per heavy atom. The zero-order valence-electron chi connectivity index (χ0n) is 18.1. The lowest BCUT2D eigenvalue weighted by Crippen LogP contribution is -2.41. The van der Waals surface area contributed by atoms with Crippen LogP contribution >= 0.6 is 11.6 Å². The van der Waals surface area contributed by atoms with Gasteiger partial charge in [-0.1, -0.05) is 29.8 Å². The van der Waals surface area contributed by atoms with E-state index < -0.39 is 0 Å². The van der Waals surface area contributed by atoms with Crippen LogP contribution in [0.1, 0.15) is 38.7 Å². The van der Waals surface area contributed by atoms with Crippen molar-refractivity contribution in [3.05, 3.63) is 59.1 Å². The van der Waals surface area contributed by atoms with Crippen molar-refractivity contribution in [2.45, 2.75) is 45.8 Å². The molecule has 0 bridgehead atoms. The van der Waals surface area contributed by atoms with Crippen LogP contribution in [0.25, 0.3) is 0 Å². The van der Waals surface area contributed by atoms with E-state index in [1.54, 1.807) is 23.1 Å². The van der Waals surface area contributed by atoms with Crippen LogP contribution in [-0.2, 0) is 11.3 Å². The standard InChI is InChI=1S/C24H30ClN3O3/c1-17(2)31-22-8-6-19(7-9-22)16-26-23(29)14-18-10-12-28(13-11-18)24(30)27-21-5-3-4-20(25)15-21/h3-9,15,17-18H,10-14,16H2,1-2H3,(H,26,29)(H,27,30). The summed E-state index contributed by atoms with van der Waals surface area (Å²) < 4.78 is 5.63. The molecule has 0 radical (unpaired) electrons. The molecule has 2 aromatic carbocycles. The summed E-state index contributed by atoms with van der Waals surface area (Å²) in [5.41, 5.74) is 1.72. The van der Waals surface area contributed by atoms with E-state index in [4.69, 9.17) is 16.3 Å². The topological polar surface area (TPSA) is 70.7 Å². The molecule has 1 aliphatic heterocycles. The highest BCUT2D eigenvalue weighted by molar-refractivity contribution is 6.30. The maximum atomic E-state index is 12.4. The maximum Gasteiger partial charge on any atom is 0.321 e. The number of halogens is 1. The molecule has 1 aliphatic rings. The molecule has 2 aromatic rings. The van der Waals surface area contributed by atoms with Gasteiger partial charge in [0.1, 0.15) is 5.75 Å². The quantitative estimate of drug-likeness (QED) is 0.627. The van der Waals surface area contributed by atoms with Crippen molar-refractivity contribution in [1.29, 1.82) is 0 Å². The van der Waals surface area contributed by atoms with Crippen LogP contribution in [0.4, 0.5) is 10.5 Å². The molecule has 3 amide bonds. The summed E-state index contributed by atoms with van der Waals surface area (Å²) in [4.78, 5) is 26.6. The van der Waals surface area contributed by atoms with E-state index >= 15 is 0 Å². The third kappa shape index (κ3) is 7.47. The molecule has 0 aromatic heterocycles. The second kappa shape index (κ2) is 11.0. The van der Waals surface area contributed by atoms with Gasteiger partial charge in [-0.25, -0.2) is 4.79 Å². The molecule has 0 spiro atoms. The number of ether oxygens (including phenoxy) is 1. The van der Waals surface area contributed by atoms with Crippen molar-refractivity contribution in [3.8, 4) is 5.75 Å². The molecule has 0 atom stereocenters. The van der Waals surface area contributed by atoms with Gasteiger partial charge in [0.2, 0.25) is 5.91 Å². The predicted molar refractivity (Wildman–Crippen MR) is 123 cm³/mol. The molecule has 0 saturated carbocycles. The van der Waals surface area contributed by atoms with Crippen LogP contribution in [0.3, 0.4) is 0 Å². The van der Waals surface area contributed by atoms with Gasteiger partial charge in [-0.2, -0.15) is 0 Å². The van der Waals surface area contributed by atoms with E-state index in [1.165, 1.54) is 0 Å². The lowest BCUT2D eigenvalue weighted by molar-refractivity contribution is -0.122. The van der Waals surface area contributed by atoms with Crippen LogP contribution in [-0.4, -0.2) is 36.0 Å². The zero-order valence-corrected chi connectivity index (χ0v) is 18.8. The fourth-order valence-corrected chi connectivity index (χ4v) is 3.79. The van der Waals surface area contributed by atoms with Gasteiger partial charge in [-0.05, 0) is 68.5 Å². The molecule has 0 unspecified atom stereocenters. The lowest BCUT2D eigenvalue weighted by Gasteiger charge is -2.31. The Morgan fingerprint density at radius 3 is 2.48 bits per heavy atom. The highest BCUT2D eigenvalue weighted by Gasteiger charge is 2.24. The Bertz CT molecular complexity index is 878. The molecule has 6 nitrogen and oxygen atoms in total. The van der Waals surface area contributed by atoms with Crippen molar-refractivity contribution < 1.29 is 14.3 Å². The zero-order chi connectivity index (χ0) is 22.2. The van der Waals surface area contributed by atoms with Crippen molar-refractivity contribution >= 4 is 29.2 Å². The highest BCUT2D eigenvalue weighted by atomic mass is 35.5. The fourth-order valence-electron chi connectivity index (χ4n) is 3.60. The summed E-state index contributed by atoms with van der Waals surface area (Å²) in [7, 11) is 0. The normalized spacial score (nSPS) is 14.4. The number of nitrogens with zero attached hydrogens (tertiary/aromatic N) is 1. The van der Waals surface area contributed by atoms with Crippen LogP contribution < -0.4 is 15.4 Å². The van der Waals surface area contributed by atoms with Crippen molar-refractivity contribution in [3.63, 3.8) is 0 Å². The second-order valence-corrected chi connectivity index (χ2v) is 8.60. The Morgan fingerprint density at radius 2 is 1.84 bits per heavy atom. The highest BCUT2D eigenvalue weighted by Crippen LogP contribution is 2.22. The first-order valence-electron chi connectivity index (χ1n) is 10.7. The molecule has 1 fully saturated rings. The minimum Gasteiger partial charge on any atom is -0.491 e. The Hall–Kier alpha value is -2.73. The summed E-state index contributed by atoms with van der Waals surface area (Å²) in [6, 6.07) is 14.8. The van der Waals surface area contributed by atoms with E-state index in [0.29, 0.717) is 36.8 Å². The first-order valence-corrected chi connectivity index (χ1v) is 11.1. The van der Waals surface area contributed by atoms with Gasteiger partial charge < -0.3 is 20.3 Å². The third-order valence-corrected chi connectivity index (χ3v) is 5.47. The predicted octanol–water partition coefficient (Wildman–Crippen LogP) is 5.08. The van der Waals surface area contributed by atoms with Crippen molar-refractivity contribution in [1.82, 2.24) is 10.2 Å². The number of likely N-dealkylation sites (tertiary alicyclic amines) is 1. The average Bonchev–Trinajstić information content (AvgIpc) is 2.73. The van der Waals surface area contributed by atoms with Gasteiger partial charge in [0, 0.05) is 36.8 Å². The van der Waals surface area contributed by atoms with Gasteiger partial charge in [0.25, 0.3) is 0 Å². The number of amides is 3. The van der Waals surface area contributed by atoms with Crippen molar-refractivity contribution in [2.24, 2.45) is 5.92 Å².